The Hall–Kier alpha value is -1.55. The molecular weight excluding hydrogens is 252 g/mol. The van der Waals surface area contributed by atoms with Crippen LogP contribution in [0.4, 0.5) is 0 Å². The van der Waals surface area contributed by atoms with Crippen molar-refractivity contribution in [2.24, 2.45) is 5.73 Å². The molecule has 1 aliphatic carbocycles. The van der Waals surface area contributed by atoms with Gasteiger partial charge in [0, 0.05) is 12.6 Å². The standard InChI is InChI=1S/C16H24N2O2/c1-12(16(19)18-14-5-3-2-4-6-14)20-15-9-7-13(11-17)8-10-15/h7-10,12,14H,2-6,11,17H2,1H3,(H,18,19). The van der Waals surface area contributed by atoms with Crippen molar-refractivity contribution in [2.75, 3.05) is 0 Å². The molecule has 20 heavy (non-hydrogen) atoms. The summed E-state index contributed by atoms with van der Waals surface area (Å²) >= 11 is 0. The Morgan fingerprint density at radius 3 is 2.55 bits per heavy atom. The minimum atomic E-state index is -0.472. The van der Waals surface area contributed by atoms with Crippen LogP contribution in [0.1, 0.15) is 44.6 Å². The molecular formula is C16H24N2O2. The number of ether oxygens (including phenoxy) is 1. The molecule has 0 heterocycles. The van der Waals surface area contributed by atoms with E-state index in [4.69, 9.17) is 10.5 Å². The second-order valence-corrected chi connectivity index (χ2v) is 5.45. The van der Waals surface area contributed by atoms with Crippen LogP contribution in [-0.2, 0) is 11.3 Å². The van der Waals surface area contributed by atoms with Crippen molar-refractivity contribution >= 4 is 5.91 Å². The van der Waals surface area contributed by atoms with Gasteiger partial charge in [0.1, 0.15) is 5.75 Å². The lowest BCUT2D eigenvalue weighted by molar-refractivity contribution is -0.128. The highest BCUT2D eigenvalue weighted by Gasteiger charge is 2.20. The first-order valence-corrected chi connectivity index (χ1v) is 7.45. The van der Waals surface area contributed by atoms with E-state index in [0.29, 0.717) is 18.3 Å². The number of rotatable bonds is 5. The van der Waals surface area contributed by atoms with Gasteiger partial charge in [0.2, 0.25) is 0 Å². The maximum Gasteiger partial charge on any atom is 0.260 e. The topological polar surface area (TPSA) is 64.3 Å². The first-order chi connectivity index (χ1) is 9.69. The van der Waals surface area contributed by atoms with Crippen LogP contribution in [0, 0.1) is 0 Å². The summed E-state index contributed by atoms with van der Waals surface area (Å²) in [4.78, 5) is 12.1. The van der Waals surface area contributed by atoms with Gasteiger partial charge in [-0.25, -0.2) is 0 Å². The van der Waals surface area contributed by atoms with E-state index in [1.165, 1.54) is 19.3 Å². The molecule has 1 aliphatic rings. The van der Waals surface area contributed by atoms with Gasteiger partial charge in [0.15, 0.2) is 6.10 Å². The van der Waals surface area contributed by atoms with Crippen LogP contribution < -0.4 is 15.8 Å². The molecule has 0 radical (unpaired) electrons. The highest BCUT2D eigenvalue weighted by Crippen LogP contribution is 2.18. The predicted molar refractivity (Wildman–Crippen MR) is 79.4 cm³/mol. The monoisotopic (exact) mass is 276 g/mol. The summed E-state index contributed by atoms with van der Waals surface area (Å²) in [6, 6.07) is 7.86. The van der Waals surface area contributed by atoms with Crippen LogP contribution in [-0.4, -0.2) is 18.1 Å². The first kappa shape index (κ1) is 14.9. The van der Waals surface area contributed by atoms with Gasteiger partial charge in [-0.05, 0) is 37.5 Å². The van der Waals surface area contributed by atoms with Crippen molar-refractivity contribution in [3.05, 3.63) is 29.8 Å². The van der Waals surface area contributed by atoms with Gasteiger partial charge in [-0.2, -0.15) is 0 Å². The van der Waals surface area contributed by atoms with E-state index in [2.05, 4.69) is 5.32 Å². The summed E-state index contributed by atoms with van der Waals surface area (Å²) in [6.45, 7) is 2.30. The highest BCUT2D eigenvalue weighted by atomic mass is 16.5. The van der Waals surface area contributed by atoms with Crippen LogP contribution in [0.5, 0.6) is 5.75 Å². The number of hydrogen-bond donors (Lipinski definition) is 2. The van der Waals surface area contributed by atoms with Gasteiger partial charge in [-0.1, -0.05) is 31.4 Å². The molecule has 3 N–H and O–H groups in total. The maximum absolute atomic E-state index is 12.1. The van der Waals surface area contributed by atoms with Crippen LogP contribution in [0.3, 0.4) is 0 Å². The summed E-state index contributed by atoms with van der Waals surface area (Å²) in [5.41, 5.74) is 6.60. The number of carbonyl (C=O) groups is 1. The molecule has 0 saturated heterocycles. The Kier molecular flexibility index (Phi) is 5.41. The lowest BCUT2D eigenvalue weighted by atomic mass is 9.95. The molecule has 110 valence electrons. The average Bonchev–Trinajstić information content (AvgIpc) is 2.49. The van der Waals surface area contributed by atoms with E-state index in [1.54, 1.807) is 6.92 Å². The molecule has 0 aromatic heterocycles. The van der Waals surface area contributed by atoms with E-state index in [9.17, 15) is 4.79 Å². The van der Waals surface area contributed by atoms with Crippen molar-refractivity contribution in [1.82, 2.24) is 5.32 Å². The number of nitrogens with two attached hydrogens (primary N) is 1. The molecule has 1 fully saturated rings. The molecule has 1 aromatic rings. The minimum absolute atomic E-state index is 0.0280. The highest BCUT2D eigenvalue weighted by molar-refractivity contribution is 5.81. The molecule has 2 rings (SSSR count). The zero-order chi connectivity index (χ0) is 14.4. The third-order valence-corrected chi connectivity index (χ3v) is 3.79. The molecule has 4 nitrogen and oxygen atoms in total. The SMILES string of the molecule is CC(Oc1ccc(CN)cc1)C(=O)NC1CCCCC1. The number of nitrogens with one attached hydrogen (secondary N) is 1. The summed E-state index contributed by atoms with van der Waals surface area (Å²) < 4.78 is 5.66. The van der Waals surface area contributed by atoms with Crippen molar-refractivity contribution in [3.8, 4) is 5.75 Å². The summed E-state index contributed by atoms with van der Waals surface area (Å²) in [5.74, 6) is 0.674. The first-order valence-electron chi connectivity index (χ1n) is 7.45. The molecule has 4 heteroatoms. The van der Waals surface area contributed by atoms with Gasteiger partial charge >= 0.3 is 0 Å². The molecule has 0 aliphatic heterocycles. The quantitative estimate of drug-likeness (QED) is 0.867. The Morgan fingerprint density at radius 2 is 1.95 bits per heavy atom. The second-order valence-electron chi connectivity index (χ2n) is 5.45. The minimum Gasteiger partial charge on any atom is -0.481 e. The van der Waals surface area contributed by atoms with Gasteiger partial charge in [-0.15, -0.1) is 0 Å². The molecule has 1 atom stereocenters. The number of carbonyl (C=O) groups excluding carboxylic acids is 1. The maximum atomic E-state index is 12.1. The van der Waals surface area contributed by atoms with Crippen molar-refractivity contribution in [1.29, 1.82) is 0 Å². The fourth-order valence-electron chi connectivity index (χ4n) is 2.53. The van der Waals surface area contributed by atoms with E-state index >= 15 is 0 Å². The molecule has 1 amide bonds. The Morgan fingerprint density at radius 1 is 1.30 bits per heavy atom. The third-order valence-electron chi connectivity index (χ3n) is 3.79. The number of benzene rings is 1. The second kappa shape index (κ2) is 7.29. The Labute approximate surface area is 120 Å². The summed E-state index contributed by atoms with van der Waals surface area (Å²) in [7, 11) is 0. The molecule has 1 unspecified atom stereocenters. The van der Waals surface area contributed by atoms with Crippen LogP contribution in [0.15, 0.2) is 24.3 Å². The van der Waals surface area contributed by atoms with Crippen molar-refractivity contribution in [2.45, 2.75) is 57.7 Å². The van der Waals surface area contributed by atoms with Gasteiger partial charge in [0.05, 0.1) is 0 Å². The molecule has 0 spiro atoms. The molecule has 0 bridgehead atoms. The van der Waals surface area contributed by atoms with Crippen LogP contribution in [0.2, 0.25) is 0 Å². The fraction of sp³-hybridized carbons (Fsp3) is 0.562. The van der Waals surface area contributed by atoms with E-state index in [0.717, 1.165) is 18.4 Å². The van der Waals surface area contributed by atoms with E-state index < -0.39 is 6.10 Å². The number of hydrogen-bond acceptors (Lipinski definition) is 3. The lowest BCUT2D eigenvalue weighted by Crippen LogP contribution is -2.43. The van der Waals surface area contributed by atoms with Crippen molar-refractivity contribution < 1.29 is 9.53 Å². The fourth-order valence-corrected chi connectivity index (χ4v) is 2.53. The van der Waals surface area contributed by atoms with Gasteiger partial charge in [0.25, 0.3) is 5.91 Å². The van der Waals surface area contributed by atoms with E-state index in [1.807, 2.05) is 24.3 Å². The number of amides is 1. The largest absolute Gasteiger partial charge is 0.481 e. The third kappa shape index (κ3) is 4.23. The van der Waals surface area contributed by atoms with Crippen molar-refractivity contribution in [3.63, 3.8) is 0 Å². The zero-order valence-electron chi connectivity index (χ0n) is 12.1. The normalized spacial score (nSPS) is 17.5. The van der Waals surface area contributed by atoms with Crippen LogP contribution >= 0.6 is 0 Å². The van der Waals surface area contributed by atoms with Crippen LogP contribution in [0.25, 0.3) is 0 Å². The summed E-state index contributed by atoms with van der Waals surface area (Å²) in [5, 5.41) is 3.08. The van der Waals surface area contributed by atoms with Gasteiger partial charge in [-0.3, -0.25) is 4.79 Å². The Bertz CT molecular complexity index is 425. The van der Waals surface area contributed by atoms with E-state index in [-0.39, 0.29) is 5.91 Å². The molecule has 1 saturated carbocycles. The summed E-state index contributed by atoms with van der Waals surface area (Å²) in [6.07, 6.45) is 5.40. The predicted octanol–water partition coefficient (Wildman–Crippen LogP) is 2.36. The Balaban J connectivity index is 1.83. The lowest BCUT2D eigenvalue weighted by Gasteiger charge is -2.24. The smallest absolute Gasteiger partial charge is 0.260 e. The zero-order valence-corrected chi connectivity index (χ0v) is 12.1. The van der Waals surface area contributed by atoms with Gasteiger partial charge < -0.3 is 15.8 Å². The molecule has 1 aromatic carbocycles. The average molecular weight is 276 g/mol.